The summed E-state index contributed by atoms with van der Waals surface area (Å²) in [7, 11) is 1.34. The zero-order valence-corrected chi connectivity index (χ0v) is 15.5. The second-order valence-corrected chi connectivity index (χ2v) is 7.20. The molecule has 0 bridgehead atoms. The number of rotatable bonds is 6. The molecule has 0 saturated carbocycles. The Bertz CT molecular complexity index is 872. The van der Waals surface area contributed by atoms with E-state index in [2.05, 4.69) is 10.6 Å². The first-order valence-corrected chi connectivity index (χ1v) is 9.19. The first-order valence-electron chi connectivity index (χ1n) is 8.37. The molecule has 0 radical (unpaired) electrons. The normalized spacial score (nSPS) is 12.4. The zero-order chi connectivity index (χ0) is 18.7. The van der Waals surface area contributed by atoms with Crippen LogP contribution in [0, 0.1) is 0 Å². The smallest absolute Gasteiger partial charge is 0.341 e. The van der Waals surface area contributed by atoms with Crippen molar-refractivity contribution < 1.29 is 19.1 Å². The molecular formula is C19H20N2O4S. The molecule has 1 amide bonds. The van der Waals surface area contributed by atoms with Crippen molar-refractivity contribution in [2.75, 3.05) is 24.3 Å². The van der Waals surface area contributed by atoms with Crippen LogP contribution in [0.5, 0.6) is 0 Å². The van der Waals surface area contributed by atoms with Crippen LogP contribution < -0.4 is 10.6 Å². The summed E-state index contributed by atoms with van der Waals surface area (Å²) in [5, 5.41) is 6.36. The number of hydrogen-bond acceptors (Lipinski definition) is 6. The van der Waals surface area contributed by atoms with Gasteiger partial charge in [0, 0.05) is 16.1 Å². The Hall–Kier alpha value is -2.67. The first-order chi connectivity index (χ1) is 12.5. The molecule has 0 saturated heterocycles. The lowest BCUT2D eigenvalue weighted by molar-refractivity contribution is -0.114. The van der Waals surface area contributed by atoms with Gasteiger partial charge in [-0.05, 0) is 43.9 Å². The summed E-state index contributed by atoms with van der Waals surface area (Å²) in [5.74, 6) is -0.709. The van der Waals surface area contributed by atoms with Gasteiger partial charge in [0.05, 0.1) is 19.2 Å². The number of esters is 1. The van der Waals surface area contributed by atoms with Crippen LogP contribution in [0.3, 0.4) is 0 Å². The van der Waals surface area contributed by atoms with Gasteiger partial charge >= 0.3 is 5.97 Å². The van der Waals surface area contributed by atoms with Gasteiger partial charge in [-0.3, -0.25) is 9.59 Å². The van der Waals surface area contributed by atoms with E-state index in [-0.39, 0.29) is 18.2 Å². The van der Waals surface area contributed by atoms with E-state index in [4.69, 9.17) is 4.74 Å². The zero-order valence-electron chi connectivity index (χ0n) is 14.7. The maximum Gasteiger partial charge on any atom is 0.341 e. The third kappa shape index (κ3) is 3.77. The van der Waals surface area contributed by atoms with E-state index in [1.165, 1.54) is 25.4 Å². The summed E-state index contributed by atoms with van der Waals surface area (Å²) in [6.45, 7) is 1.53. The van der Waals surface area contributed by atoms with E-state index >= 15 is 0 Å². The Morgan fingerprint density at radius 3 is 2.77 bits per heavy atom. The topological polar surface area (TPSA) is 84.5 Å². The second-order valence-electron chi connectivity index (χ2n) is 6.09. The highest BCUT2D eigenvalue weighted by molar-refractivity contribution is 7.17. The Balaban J connectivity index is 1.68. The van der Waals surface area contributed by atoms with Gasteiger partial charge in [0.2, 0.25) is 5.91 Å². The van der Waals surface area contributed by atoms with Crippen LogP contribution in [0.1, 0.15) is 44.5 Å². The molecule has 6 nitrogen and oxygen atoms in total. The van der Waals surface area contributed by atoms with Crippen molar-refractivity contribution in [3.8, 4) is 0 Å². The number of carbonyl (C=O) groups excluding carboxylic acids is 3. The predicted octanol–water partition coefficient (Wildman–Crippen LogP) is 3.28. The molecule has 0 spiro atoms. The van der Waals surface area contributed by atoms with Crippen LogP contribution in [-0.2, 0) is 22.4 Å². The van der Waals surface area contributed by atoms with Crippen molar-refractivity contribution in [2.24, 2.45) is 0 Å². The predicted molar refractivity (Wildman–Crippen MR) is 101 cm³/mol. The number of ether oxygens (including phenoxy) is 1. The highest BCUT2D eigenvalue weighted by Gasteiger charge is 2.27. The van der Waals surface area contributed by atoms with E-state index in [0.29, 0.717) is 21.8 Å². The van der Waals surface area contributed by atoms with Gasteiger partial charge in [-0.25, -0.2) is 4.79 Å². The molecule has 2 N–H and O–H groups in total. The number of methoxy groups -OCH3 is 1. The maximum atomic E-state index is 12.3. The lowest BCUT2D eigenvalue weighted by atomic mass is 10.1. The molecule has 0 unspecified atom stereocenters. The van der Waals surface area contributed by atoms with Crippen molar-refractivity contribution in [1.82, 2.24) is 0 Å². The minimum atomic E-state index is -0.415. The van der Waals surface area contributed by atoms with Crippen LogP contribution in [0.4, 0.5) is 10.7 Å². The molecule has 1 aliphatic carbocycles. The Morgan fingerprint density at radius 1 is 1.23 bits per heavy atom. The van der Waals surface area contributed by atoms with Gasteiger partial charge in [0.1, 0.15) is 5.00 Å². The van der Waals surface area contributed by atoms with Crippen molar-refractivity contribution in [3.63, 3.8) is 0 Å². The van der Waals surface area contributed by atoms with Crippen LogP contribution in [0.2, 0.25) is 0 Å². The SMILES string of the molecule is COC(=O)c1c(NC(=O)CNc2cccc(C(C)=O)c2)sc2c1CCC2. The molecule has 1 heterocycles. The van der Waals surface area contributed by atoms with Crippen molar-refractivity contribution >= 4 is 39.7 Å². The Morgan fingerprint density at radius 2 is 2.04 bits per heavy atom. The Kier molecular flexibility index (Phi) is 5.37. The minimum absolute atomic E-state index is 0.0323. The summed E-state index contributed by atoms with van der Waals surface area (Å²) < 4.78 is 4.88. The number of fused-ring (bicyclic) bond motifs is 1. The highest BCUT2D eigenvalue weighted by atomic mass is 32.1. The number of anilines is 2. The quantitative estimate of drug-likeness (QED) is 0.600. The summed E-state index contributed by atoms with van der Waals surface area (Å²) in [6.07, 6.45) is 2.78. The minimum Gasteiger partial charge on any atom is -0.465 e. The molecule has 3 rings (SSSR count). The summed E-state index contributed by atoms with van der Waals surface area (Å²) >= 11 is 1.44. The van der Waals surface area contributed by atoms with Gasteiger partial charge < -0.3 is 15.4 Å². The van der Waals surface area contributed by atoms with E-state index < -0.39 is 5.97 Å². The first kappa shape index (κ1) is 18.1. The summed E-state index contributed by atoms with van der Waals surface area (Å²) in [4.78, 5) is 37.0. The summed E-state index contributed by atoms with van der Waals surface area (Å²) in [5.41, 5.74) is 2.75. The van der Waals surface area contributed by atoms with Gasteiger partial charge in [-0.1, -0.05) is 12.1 Å². The van der Waals surface area contributed by atoms with Crippen LogP contribution in [0.25, 0.3) is 0 Å². The molecule has 7 heteroatoms. The van der Waals surface area contributed by atoms with Gasteiger partial charge in [0.15, 0.2) is 5.78 Å². The maximum absolute atomic E-state index is 12.3. The third-order valence-corrected chi connectivity index (χ3v) is 5.49. The molecular weight excluding hydrogens is 352 g/mol. The lowest BCUT2D eigenvalue weighted by Crippen LogP contribution is -2.22. The fraction of sp³-hybridized carbons (Fsp3) is 0.316. The molecule has 136 valence electrons. The number of carbonyl (C=O) groups is 3. The highest BCUT2D eigenvalue weighted by Crippen LogP contribution is 2.39. The standard InChI is InChI=1S/C19H20N2O4S/c1-11(22)12-5-3-6-13(9-12)20-10-16(23)21-18-17(19(24)25-2)14-7-4-8-15(14)26-18/h3,5-6,9,20H,4,7-8,10H2,1-2H3,(H,21,23). The van der Waals surface area contributed by atoms with Gasteiger partial charge in [-0.15, -0.1) is 11.3 Å². The molecule has 0 aliphatic heterocycles. The van der Waals surface area contributed by atoms with E-state index in [0.717, 1.165) is 29.7 Å². The fourth-order valence-electron chi connectivity index (χ4n) is 3.01. The molecule has 26 heavy (non-hydrogen) atoms. The molecule has 0 fully saturated rings. The average Bonchev–Trinajstić information content (AvgIpc) is 3.20. The van der Waals surface area contributed by atoms with Crippen LogP contribution in [-0.4, -0.2) is 31.3 Å². The number of aryl methyl sites for hydroxylation is 1. The molecule has 1 aromatic heterocycles. The number of hydrogen-bond donors (Lipinski definition) is 2. The van der Waals surface area contributed by atoms with Crippen molar-refractivity contribution in [1.29, 1.82) is 0 Å². The average molecular weight is 372 g/mol. The van der Waals surface area contributed by atoms with Crippen molar-refractivity contribution in [2.45, 2.75) is 26.2 Å². The number of Topliss-reactive ketones (excluding diaryl/α,β-unsaturated/α-hetero) is 1. The summed E-state index contributed by atoms with van der Waals surface area (Å²) in [6, 6.07) is 6.98. The molecule has 2 aromatic rings. The van der Waals surface area contributed by atoms with E-state index in [1.54, 1.807) is 24.3 Å². The Labute approximate surface area is 155 Å². The number of benzene rings is 1. The number of thiophene rings is 1. The molecule has 0 atom stereocenters. The van der Waals surface area contributed by atoms with E-state index in [1.807, 2.05) is 0 Å². The molecule has 1 aromatic carbocycles. The van der Waals surface area contributed by atoms with Crippen LogP contribution in [0.15, 0.2) is 24.3 Å². The van der Waals surface area contributed by atoms with Crippen LogP contribution >= 0.6 is 11.3 Å². The third-order valence-electron chi connectivity index (χ3n) is 4.29. The lowest BCUT2D eigenvalue weighted by Gasteiger charge is -2.09. The number of ketones is 1. The fourth-order valence-corrected chi connectivity index (χ4v) is 4.31. The van der Waals surface area contributed by atoms with Crippen molar-refractivity contribution in [3.05, 3.63) is 45.8 Å². The van der Waals surface area contributed by atoms with E-state index in [9.17, 15) is 14.4 Å². The largest absolute Gasteiger partial charge is 0.465 e. The molecule has 1 aliphatic rings. The monoisotopic (exact) mass is 372 g/mol. The van der Waals surface area contributed by atoms with Gasteiger partial charge in [0.25, 0.3) is 0 Å². The number of nitrogens with one attached hydrogen (secondary N) is 2. The van der Waals surface area contributed by atoms with Gasteiger partial charge in [-0.2, -0.15) is 0 Å². The number of amides is 1. The second kappa shape index (κ2) is 7.70.